The summed E-state index contributed by atoms with van der Waals surface area (Å²) in [5.74, 6) is 0.0672. The van der Waals surface area contributed by atoms with Crippen LogP contribution < -0.4 is 16.4 Å². The molecule has 0 atom stereocenters. The van der Waals surface area contributed by atoms with Gasteiger partial charge < -0.3 is 16.4 Å². The normalized spacial score (nSPS) is 10.3. The van der Waals surface area contributed by atoms with E-state index in [1.807, 2.05) is 18.3 Å². The molecule has 0 aromatic carbocycles. The summed E-state index contributed by atoms with van der Waals surface area (Å²) in [6, 6.07) is 7.31. The Labute approximate surface area is 123 Å². The predicted octanol–water partition coefficient (Wildman–Crippen LogP) is 1.17. The van der Waals surface area contributed by atoms with Crippen LogP contribution >= 0.6 is 0 Å². The number of rotatable bonds is 8. The summed E-state index contributed by atoms with van der Waals surface area (Å²) in [6.07, 6.45) is 6.15. The summed E-state index contributed by atoms with van der Waals surface area (Å²) in [6.45, 7) is 2.38. The lowest BCUT2D eigenvalue weighted by molar-refractivity contribution is 0.100. The molecule has 0 aliphatic carbocycles. The van der Waals surface area contributed by atoms with Gasteiger partial charge in [0.1, 0.15) is 5.82 Å². The quantitative estimate of drug-likeness (QED) is 0.633. The number of amides is 1. The second-order valence-electron chi connectivity index (χ2n) is 4.58. The largest absolute Gasteiger partial charge is 0.369 e. The van der Waals surface area contributed by atoms with Crippen molar-refractivity contribution < 1.29 is 4.79 Å². The van der Waals surface area contributed by atoms with Gasteiger partial charge in [-0.2, -0.15) is 0 Å². The molecule has 2 aromatic rings. The fourth-order valence-electron chi connectivity index (χ4n) is 1.90. The van der Waals surface area contributed by atoms with Gasteiger partial charge in [-0.1, -0.05) is 6.07 Å². The van der Waals surface area contributed by atoms with E-state index in [4.69, 9.17) is 5.73 Å². The first-order chi connectivity index (χ1) is 10.3. The standard InChI is InChI=1S/C15H19N5O/c16-14(21)13-5-2-8-19-15(13)20-9-3-7-18-11-12-4-1-6-17-10-12/h1-2,4-6,8,10,18H,3,7,9,11H2,(H2,16,21)(H,19,20). The van der Waals surface area contributed by atoms with Crippen LogP contribution in [0.3, 0.4) is 0 Å². The van der Waals surface area contributed by atoms with Crippen LogP contribution in [0.25, 0.3) is 0 Å². The molecule has 0 radical (unpaired) electrons. The van der Waals surface area contributed by atoms with Crippen molar-refractivity contribution in [3.8, 4) is 0 Å². The van der Waals surface area contributed by atoms with Gasteiger partial charge in [-0.3, -0.25) is 9.78 Å². The minimum atomic E-state index is -0.472. The maximum absolute atomic E-state index is 11.2. The van der Waals surface area contributed by atoms with Crippen molar-refractivity contribution in [2.45, 2.75) is 13.0 Å². The highest BCUT2D eigenvalue weighted by atomic mass is 16.1. The van der Waals surface area contributed by atoms with Crippen molar-refractivity contribution in [2.75, 3.05) is 18.4 Å². The van der Waals surface area contributed by atoms with E-state index in [2.05, 4.69) is 20.6 Å². The number of carbonyl (C=O) groups is 1. The zero-order valence-corrected chi connectivity index (χ0v) is 11.7. The van der Waals surface area contributed by atoms with Gasteiger partial charge in [-0.15, -0.1) is 0 Å². The molecule has 0 spiro atoms. The smallest absolute Gasteiger partial charge is 0.252 e. The van der Waals surface area contributed by atoms with Gasteiger partial charge in [0.2, 0.25) is 0 Å². The summed E-state index contributed by atoms with van der Waals surface area (Å²) < 4.78 is 0. The van der Waals surface area contributed by atoms with Crippen LogP contribution in [0.4, 0.5) is 5.82 Å². The third-order valence-electron chi connectivity index (χ3n) is 2.95. The molecule has 21 heavy (non-hydrogen) atoms. The number of nitrogens with one attached hydrogen (secondary N) is 2. The molecule has 0 bridgehead atoms. The third-order valence-corrected chi connectivity index (χ3v) is 2.95. The first-order valence-corrected chi connectivity index (χ1v) is 6.85. The average molecular weight is 285 g/mol. The zero-order chi connectivity index (χ0) is 14.9. The van der Waals surface area contributed by atoms with Crippen LogP contribution in [0, 0.1) is 0 Å². The lowest BCUT2D eigenvalue weighted by Gasteiger charge is -2.09. The monoisotopic (exact) mass is 285 g/mol. The molecule has 2 rings (SSSR count). The van der Waals surface area contributed by atoms with Crippen LogP contribution in [0.2, 0.25) is 0 Å². The van der Waals surface area contributed by atoms with Crippen molar-refractivity contribution >= 4 is 11.7 Å². The third kappa shape index (κ3) is 4.85. The number of hydrogen-bond acceptors (Lipinski definition) is 5. The Balaban J connectivity index is 1.67. The van der Waals surface area contributed by atoms with Crippen molar-refractivity contribution in [2.24, 2.45) is 5.73 Å². The Bertz CT molecular complexity index is 573. The van der Waals surface area contributed by atoms with E-state index in [9.17, 15) is 4.79 Å². The molecular weight excluding hydrogens is 266 g/mol. The number of aromatic nitrogens is 2. The molecule has 0 aliphatic heterocycles. The van der Waals surface area contributed by atoms with Gasteiger partial charge in [0, 0.05) is 31.7 Å². The SMILES string of the molecule is NC(=O)c1cccnc1NCCCNCc1cccnc1. The minimum absolute atomic E-state index is 0.417. The van der Waals surface area contributed by atoms with Crippen molar-refractivity contribution in [1.82, 2.24) is 15.3 Å². The van der Waals surface area contributed by atoms with Gasteiger partial charge in [-0.25, -0.2) is 4.98 Å². The van der Waals surface area contributed by atoms with E-state index in [-0.39, 0.29) is 0 Å². The Kier molecular flexibility index (Phi) is 5.66. The Morgan fingerprint density at radius 1 is 1.19 bits per heavy atom. The van der Waals surface area contributed by atoms with E-state index in [0.717, 1.165) is 31.6 Å². The second-order valence-corrected chi connectivity index (χ2v) is 4.58. The van der Waals surface area contributed by atoms with E-state index in [0.29, 0.717) is 11.4 Å². The van der Waals surface area contributed by atoms with Gasteiger partial charge >= 0.3 is 0 Å². The number of anilines is 1. The maximum atomic E-state index is 11.2. The molecule has 110 valence electrons. The van der Waals surface area contributed by atoms with Crippen LogP contribution in [-0.4, -0.2) is 29.0 Å². The molecule has 0 unspecified atom stereocenters. The summed E-state index contributed by atoms with van der Waals surface area (Å²) in [7, 11) is 0. The van der Waals surface area contributed by atoms with Crippen molar-refractivity contribution in [3.05, 3.63) is 54.0 Å². The predicted molar refractivity (Wildman–Crippen MR) is 81.8 cm³/mol. The van der Waals surface area contributed by atoms with Crippen LogP contribution in [0.5, 0.6) is 0 Å². The van der Waals surface area contributed by atoms with Crippen LogP contribution in [0.1, 0.15) is 22.3 Å². The highest BCUT2D eigenvalue weighted by molar-refractivity contribution is 5.97. The summed E-state index contributed by atoms with van der Waals surface area (Å²) in [5.41, 5.74) is 6.87. The van der Waals surface area contributed by atoms with Crippen molar-refractivity contribution in [1.29, 1.82) is 0 Å². The van der Waals surface area contributed by atoms with Gasteiger partial charge in [0.15, 0.2) is 0 Å². The molecule has 2 aromatic heterocycles. The molecule has 4 N–H and O–H groups in total. The number of carbonyl (C=O) groups excluding carboxylic acids is 1. The van der Waals surface area contributed by atoms with E-state index < -0.39 is 5.91 Å². The second kappa shape index (κ2) is 7.96. The van der Waals surface area contributed by atoms with E-state index in [1.54, 1.807) is 24.5 Å². The van der Waals surface area contributed by atoms with Crippen molar-refractivity contribution in [3.63, 3.8) is 0 Å². The van der Waals surface area contributed by atoms with Gasteiger partial charge in [-0.05, 0) is 36.7 Å². The zero-order valence-electron chi connectivity index (χ0n) is 11.7. The summed E-state index contributed by atoms with van der Waals surface area (Å²) in [5, 5.41) is 6.46. The molecule has 0 saturated carbocycles. The molecule has 6 nitrogen and oxygen atoms in total. The van der Waals surface area contributed by atoms with E-state index >= 15 is 0 Å². The maximum Gasteiger partial charge on any atom is 0.252 e. The topological polar surface area (TPSA) is 92.9 Å². The van der Waals surface area contributed by atoms with Gasteiger partial charge in [0.05, 0.1) is 5.56 Å². The number of pyridine rings is 2. The number of nitrogens with two attached hydrogens (primary N) is 1. The fourth-order valence-corrected chi connectivity index (χ4v) is 1.90. The number of primary amides is 1. The molecule has 1 amide bonds. The lowest BCUT2D eigenvalue weighted by atomic mass is 10.2. The van der Waals surface area contributed by atoms with Crippen LogP contribution in [0.15, 0.2) is 42.9 Å². The molecule has 0 aliphatic rings. The lowest BCUT2D eigenvalue weighted by Crippen LogP contribution is -2.19. The van der Waals surface area contributed by atoms with Crippen LogP contribution in [-0.2, 0) is 6.54 Å². The molecule has 2 heterocycles. The van der Waals surface area contributed by atoms with Gasteiger partial charge in [0.25, 0.3) is 5.91 Å². The Morgan fingerprint density at radius 2 is 2.05 bits per heavy atom. The molecule has 0 fully saturated rings. The highest BCUT2D eigenvalue weighted by Crippen LogP contribution is 2.09. The molecule has 6 heteroatoms. The number of nitrogens with zero attached hydrogens (tertiary/aromatic N) is 2. The Hall–Kier alpha value is -2.47. The highest BCUT2D eigenvalue weighted by Gasteiger charge is 2.07. The number of hydrogen-bond donors (Lipinski definition) is 3. The first kappa shape index (κ1) is 14.9. The summed E-state index contributed by atoms with van der Waals surface area (Å²) >= 11 is 0. The first-order valence-electron chi connectivity index (χ1n) is 6.85. The molecular formula is C15H19N5O. The minimum Gasteiger partial charge on any atom is -0.369 e. The average Bonchev–Trinajstić information content (AvgIpc) is 2.52. The Morgan fingerprint density at radius 3 is 2.81 bits per heavy atom. The fraction of sp³-hybridized carbons (Fsp3) is 0.267. The van der Waals surface area contributed by atoms with E-state index in [1.165, 1.54) is 0 Å². The summed E-state index contributed by atoms with van der Waals surface area (Å²) in [4.78, 5) is 19.4. The molecule has 0 saturated heterocycles.